The Balaban J connectivity index is 1.74. The third kappa shape index (κ3) is 6.46. The van der Waals surface area contributed by atoms with Gasteiger partial charge in [-0.1, -0.05) is 30.3 Å². The van der Waals surface area contributed by atoms with E-state index in [9.17, 15) is 9.59 Å². The number of esters is 1. The normalized spacial score (nSPS) is 18.9. The summed E-state index contributed by atoms with van der Waals surface area (Å²) in [5, 5.41) is 0. The van der Waals surface area contributed by atoms with Gasteiger partial charge in [0, 0.05) is 12.5 Å². The van der Waals surface area contributed by atoms with E-state index in [1.54, 1.807) is 29.2 Å². The van der Waals surface area contributed by atoms with Crippen molar-refractivity contribution in [3.05, 3.63) is 65.7 Å². The second-order valence-electron chi connectivity index (χ2n) is 8.64. The smallest absolute Gasteiger partial charge is 0.410 e. The number of piperidine rings is 1. The van der Waals surface area contributed by atoms with E-state index in [-0.39, 0.29) is 5.92 Å². The summed E-state index contributed by atoms with van der Waals surface area (Å²) in [6, 6.07) is 16.8. The van der Waals surface area contributed by atoms with E-state index in [0.29, 0.717) is 25.1 Å². The number of carbonyl (C=O) groups excluding carboxylic acids is 2. The van der Waals surface area contributed by atoms with Crippen LogP contribution < -0.4 is 5.48 Å². The quantitative estimate of drug-likeness (QED) is 0.556. The van der Waals surface area contributed by atoms with Crippen LogP contribution in [-0.2, 0) is 14.3 Å². The Kier molecular flexibility index (Phi) is 7.17. The van der Waals surface area contributed by atoms with Crippen LogP contribution in [0.1, 0.15) is 49.0 Å². The standard InChI is InChI=1S/C24H30N2O5/c1-24(2,3)31-23(28)26-15-19(17-8-6-5-7-9-17)14-21(16-26)30-22(27)18-10-12-20(13-11-18)25-29-4/h5-13,19,21,25H,14-16H2,1-4H3. The molecule has 2 atom stereocenters. The molecular formula is C24H30N2O5. The number of amides is 1. The molecule has 166 valence electrons. The van der Waals surface area contributed by atoms with Crippen molar-refractivity contribution in [2.75, 3.05) is 25.7 Å². The van der Waals surface area contributed by atoms with E-state index < -0.39 is 23.8 Å². The number of hydrogen-bond acceptors (Lipinski definition) is 6. The molecule has 0 spiro atoms. The highest BCUT2D eigenvalue weighted by atomic mass is 16.6. The van der Waals surface area contributed by atoms with E-state index >= 15 is 0 Å². The van der Waals surface area contributed by atoms with Gasteiger partial charge in [0.25, 0.3) is 0 Å². The fourth-order valence-electron chi connectivity index (χ4n) is 3.59. The van der Waals surface area contributed by atoms with Gasteiger partial charge in [-0.05, 0) is 57.0 Å². The lowest BCUT2D eigenvalue weighted by atomic mass is 9.89. The molecule has 3 rings (SSSR count). The number of benzene rings is 2. The molecule has 1 amide bonds. The minimum Gasteiger partial charge on any atom is -0.457 e. The molecular weight excluding hydrogens is 396 g/mol. The molecule has 0 bridgehead atoms. The largest absolute Gasteiger partial charge is 0.457 e. The Labute approximate surface area is 183 Å². The van der Waals surface area contributed by atoms with Crippen molar-refractivity contribution in [3.63, 3.8) is 0 Å². The van der Waals surface area contributed by atoms with Crippen LogP contribution in [0.5, 0.6) is 0 Å². The first-order valence-corrected chi connectivity index (χ1v) is 10.4. The number of nitrogens with zero attached hydrogens (tertiary/aromatic N) is 1. The number of nitrogens with one attached hydrogen (secondary N) is 1. The number of rotatable bonds is 5. The zero-order chi connectivity index (χ0) is 22.4. The van der Waals surface area contributed by atoms with Crippen LogP contribution in [0.2, 0.25) is 0 Å². The second kappa shape index (κ2) is 9.83. The Morgan fingerprint density at radius 2 is 1.68 bits per heavy atom. The van der Waals surface area contributed by atoms with Gasteiger partial charge in [-0.2, -0.15) is 0 Å². The molecule has 1 fully saturated rings. The first-order valence-electron chi connectivity index (χ1n) is 10.4. The topological polar surface area (TPSA) is 77.1 Å². The van der Waals surface area contributed by atoms with E-state index in [4.69, 9.17) is 14.3 Å². The minimum absolute atomic E-state index is 0.0496. The molecule has 2 aromatic carbocycles. The SMILES string of the molecule is CONc1ccc(C(=O)OC2CC(c3ccccc3)CN(C(=O)OC(C)(C)C)C2)cc1. The summed E-state index contributed by atoms with van der Waals surface area (Å²) < 4.78 is 11.4. The van der Waals surface area contributed by atoms with Crippen molar-refractivity contribution >= 4 is 17.7 Å². The molecule has 1 N–H and O–H groups in total. The maximum absolute atomic E-state index is 12.7. The van der Waals surface area contributed by atoms with Crippen LogP contribution in [0.15, 0.2) is 54.6 Å². The van der Waals surface area contributed by atoms with Crippen LogP contribution in [-0.4, -0.2) is 48.9 Å². The molecule has 1 aliphatic heterocycles. The molecule has 0 aliphatic carbocycles. The van der Waals surface area contributed by atoms with Crippen molar-refractivity contribution in [1.82, 2.24) is 4.90 Å². The molecule has 7 nitrogen and oxygen atoms in total. The zero-order valence-electron chi connectivity index (χ0n) is 18.5. The lowest BCUT2D eigenvalue weighted by Crippen LogP contribution is -2.48. The van der Waals surface area contributed by atoms with Gasteiger partial charge in [0.2, 0.25) is 0 Å². The average Bonchev–Trinajstić information content (AvgIpc) is 2.73. The Morgan fingerprint density at radius 1 is 1.00 bits per heavy atom. The fourth-order valence-corrected chi connectivity index (χ4v) is 3.59. The van der Waals surface area contributed by atoms with Crippen molar-refractivity contribution < 1.29 is 23.9 Å². The summed E-state index contributed by atoms with van der Waals surface area (Å²) in [5.41, 5.74) is 4.38. The van der Waals surface area contributed by atoms with Crippen LogP contribution in [0.4, 0.5) is 10.5 Å². The van der Waals surface area contributed by atoms with E-state index in [1.165, 1.54) is 7.11 Å². The van der Waals surface area contributed by atoms with E-state index in [2.05, 4.69) is 5.48 Å². The predicted octanol–water partition coefficient (Wildman–Crippen LogP) is 4.61. The summed E-state index contributed by atoms with van der Waals surface area (Å²) in [5.74, 6) is -0.375. The minimum atomic E-state index is -0.596. The van der Waals surface area contributed by atoms with Crippen molar-refractivity contribution in [2.45, 2.75) is 44.8 Å². The van der Waals surface area contributed by atoms with Crippen molar-refractivity contribution in [2.24, 2.45) is 0 Å². The second-order valence-corrected chi connectivity index (χ2v) is 8.64. The lowest BCUT2D eigenvalue weighted by Gasteiger charge is -2.38. The van der Waals surface area contributed by atoms with E-state index in [1.807, 2.05) is 51.1 Å². The van der Waals surface area contributed by atoms with Gasteiger partial charge in [0.05, 0.1) is 24.9 Å². The van der Waals surface area contributed by atoms with Gasteiger partial charge >= 0.3 is 12.1 Å². The average molecular weight is 427 g/mol. The highest BCUT2D eigenvalue weighted by Crippen LogP contribution is 2.30. The fraction of sp³-hybridized carbons (Fsp3) is 0.417. The monoisotopic (exact) mass is 426 g/mol. The number of anilines is 1. The molecule has 0 saturated carbocycles. The van der Waals surface area contributed by atoms with Gasteiger partial charge in [-0.25, -0.2) is 9.59 Å². The predicted molar refractivity (Wildman–Crippen MR) is 118 cm³/mol. The number of likely N-dealkylation sites (tertiary alicyclic amines) is 1. The van der Waals surface area contributed by atoms with Gasteiger partial charge in [0.1, 0.15) is 11.7 Å². The molecule has 2 aromatic rings. The molecule has 7 heteroatoms. The molecule has 1 heterocycles. The van der Waals surface area contributed by atoms with Gasteiger partial charge < -0.3 is 14.4 Å². The first-order chi connectivity index (χ1) is 14.7. The van der Waals surface area contributed by atoms with Crippen LogP contribution in [0, 0.1) is 0 Å². The third-order valence-corrected chi connectivity index (χ3v) is 4.95. The zero-order valence-corrected chi connectivity index (χ0v) is 18.5. The number of carbonyl (C=O) groups is 2. The highest BCUT2D eigenvalue weighted by molar-refractivity contribution is 5.90. The van der Waals surface area contributed by atoms with Gasteiger partial charge in [-0.15, -0.1) is 0 Å². The highest BCUT2D eigenvalue weighted by Gasteiger charge is 2.35. The number of hydrogen-bond donors (Lipinski definition) is 1. The van der Waals surface area contributed by atoms with Gasteiger partial charge in [-0.3, -0.25) is 10.3 Å². The molecule has 0 radical (unpaired) electrons. The Morgan fingerprint density at radius 3 is 2.29 bits per heavy atom. The maximum Gasteiger partial charge on any atom is 0.410 e. The molecule has 1 aliphatic rings. The Hall–Kier alpha value is -3.06. The summed E-state index contributed by atoms with van der Waals surface area (Å²) in [4.78, 5) is 31.9. The maximum atomic E-state index is 12.7. The van der Waals surface area contributed by atoms with Crippen LogP contribution >= 0.6 is 0 Å². The lowest BCUT2D eigenvalue weighted by molar-refractivity contribution is -0.0154. The van der Waals surface area contributed by atoms with Crippen LogP contribution in [0.3, 0.4) is 0 Å². The summed E-state index contributed by atoms with van der Waals surface area (Å²) >= 11 is 0. The first kappa shape index (κ1) is 22.6. The molecule has 2 unspecified atom stereocenters. The van der Waals surface area contributed by atoms with Crippen molar-refractivity contribution in [3.8, 4) is 0 Å². The summed E-state index contributed by atoms with van der Waals surface area (Å²) in [6.45, 7) is 6.33. The van der Waals surface area contributed by atoms with Gasteiger partial charge in [0.15, 0.2) is 0 Å². The molecule has 31 heavy (non-hydrogen) atoms. The summed E-state index contributed by atoms with van der Waals surface area (Å²) in [7, 11) is 1.52. The Bertz CT molecular complexity index is 877. The van der Waals surface area contributed by atoms with Crippen molar-refractivity contribution in [1.29, 1.82) is 0 Å². The number of ether oxygens (including phenoxy) is 2. The molecule has 0 aromatic heterocycles. The molecule has 1 saturated heterocycles. The third-order valence-electron chi connectivity index (χ3n) is 4.95. The van der Waals surface area contributed by atoms with Crippen LogP contribution in [0.25, 0.3) is 0 Å². The van der Waals surface area contributed by atoms with E-state index in [0.717, 1.165) is 11.3 Å². The summed E-state index contributed by atoms with van der Waals surface area (Å²) in [6.07, 6.45) is -0.196.